The van der Waals surface area contributed by atoms with E-state index >= 15 is 0 Å². The Kier molecular flexibility index (Phi) is 6.03. The third-order valence-electron chi connectivity index (χ3n) is 5.49. The molecule has 0 saturated heterocycles. The molecule has 1 N–H and O–H groups in total. The van der Waals surface area contributed by atoms with Gasteiger partial charge in [0.1, 0.15) is 5.52 Å². The number of amides is 1. The molecule has 1 amide bonds. The van der Waals surface area contributed by atoms with Crippen LogP contribution in [0.5, 0.6) is 0 Å². The Morgan fingerprint density at radius 1 is 1.06 bits per heavy atom. The van der Waals surface area contributed by atoms with Gasteiger partial charge in [0.2, 0.25) is 5.89 Å². The molecule has 6 heteroatoms. The topological polar surface area (TPSA) is 55.1 Å². The van der Waals surface area contributed by atoms with Crippen LogP contribution in [0.15, 0.2) is 59.0 Å². The maximum atomic E-state index is 12.7. The number of benzene rings is 3. The molecule has 0 radical (unpaired) electrons. The molecule has 1 heterocycles. The molecule has 31 heavy (non-hydrogen) atoms. The summed E-state index contributed by atoms with van der Waals surface area (Å²) in [4.78, 5) is 17.3. The molecule has 158 valence electrons. The molecule has 3 aromatic carbocycles. The molecule has 0 aliphatic rings. The van der Waals surface area contributed by atoms with Gasteiger partial charge in [-0.1, -0.05) is 49.2 Å². The minimum atomic E-state index is -0.295. The van der Waals surface area contributed by atoms with Crippen LogP contribution in [0.1, 0.15) is 47.7 Å². The first-order chi connectivity index (χ1) is 14.9. The summed E-state index contributed by atoms with van der Waals surface area (Å²) in [6, 6.07) is 16.6. The number of oxazole rings is 1. The van der Waals surface area contributed by atoms with E-state index in [1.165, 1.54) is 5.56 Å². The van der Waals surface area contributed by atoms with E-state index in [1.54, 1.807) is 30.3 Å². The summed E-state index contributed by atoms with van der Waals surface area (Å²) in [7, 11) is 0. The third kappa shape index (κ3) is 4.46. The summed E-state index contributed by atoms with van der Waals surface area (Å²) < 4.78 is 5.95. The minimum absolute atomic E-state index is 0.295. The number of anilines is 1. The molecule has 0 bridgehead atoms. The molecule has 4 rings (SSSR count). The van der Waals surface area contributed by atoms with Crippen LogP contribution in [0.4, 0.5) is 5.69 Å². The van der Waals surface area contributed by atoms with Crippen molar-refractivity contribution in [1.82, 2.24) is 4.98 Å². The van der Waals surface area contributed by atoms with Gasteiger partial charge in [-0.15, -0.1) is 0 Å². The second kappa shape index (κ2) is 8.74. The Labute approximate surface area is 191 Å². The number of halogens is 2. The van der Waals surface area contributed by atoms with Gasteiger partial charge in [-0.25, -0.2) is 4.98 Å². The van der Waals surface area contributed by atoms with Crippen molar-refractivity contribution in [2.45, 2.75) is 33.1 Å². The molecule has 0 unspecified atom stereocenters. The Balaban J connectivity index is 1.64. The van der Waals surface area contributed by atoms with Crippen LogP contribution in [0.2, 0.25) is 10.0 Å². The SMILES string of the molecule is CC[C@@H](C)c1ccc2oc(-c3ccc(Cl)c(NC(=O)c4ccc(C)c(Cl)c4)c3)nc2c1. The highest BCUT2D eigenvalue weighted by Crippen LogP contribution is 2.32. The number of nitrogens with one attached hydrogen (secondary N) is 1. The van der Waals surface area contributed by atoms with Crippen molar-refractivity contribution in [3.8, 4) is 11.5 Å². The summed E-state index contributed by atoms with van der Waals surface area (Å²) in [5.74, 6) is 0.635. The van der Waals surface area contributed by atoms with Crippen LogP contribution < -0.4 is 5.32 Å². The van der Waals surface area contributed by atoms with E-state index in [2.05, 4.69) is 36.3 Å². The van der Waals surface area contributed by atoms with Crippen LogP contribution in [0.25, 0.3) is 22.6 Å². The number of hydrogen-bond donors (Lipinski definition) is 1. The van der Waals surface area contributed by atoms with Crippen LogP contribution in [0.3, 0.4) is 0 Å². The highest BCUT2D eigenvalue weighted by molar-refractivity contribution is 6.34. The third-order valence-corrected chi connectivity index (χ3v) is 6.23. The zero-order valence-electron chi connectivity index (χ0n) is 17.5. The zero-order chi connectivity index (χ0) is 22.1. The van der Waals surface area contributed by atoms with Gasteiger partial charge in [0, 0.05) is 16.1 Å². The Morgan fingerprint density at radius 3 is 2.61 bits per heavy atom. The molecule has 0 saturated carbocycles. The molecule has 0 aliphatic carbocycles. The lowest BCUT2D eigenvalue weighted by Crippen LogP contribution is -2.12. The van der Waals surface area contributed by atoms with E-state index in [1.807, 2.05) is 19.1 Å². The fraction of sp³-hybridized carbons (Fsp3) is 0.200. The highest BCUT2D eigenvalue weighted by Gasteiger charge is 2.15. The van der Waals surface area contributed by atoms with E-state index in [4.69, 9.17) is 27.6 Å². The van der Waals surface area contributed by atoms with Crippen molar-refractivity contribution in [3.05, 3.63) is 81.3 Å². The number of hydrogen-bond acceptors (Lipinski definition) is 3. The fourth-order valence-electron chi connectivity index (χ4n) is 3.29. The van der Waals surface area contributed by atoms with Crippen molar-refractivity contribution in [1.29, 1.82) is 0 Å². The van der Waals surface area contributed by atoms with E-state index in [9.17, 15) is 4.79 Å². The van der Waals surface area contributed by atoms with Gasteiger partial charge in [0.15, 0.2) is 5.58 Å². The maximum absolute atomic E-state index is 12.7. The van der Waals surface area contributed by atoms with Gasteiger partial charge in [-0.3, -0.25) is 4.79 Å². The summed E-state index contributed by atoms with van der Waals surface area (Å²) in [5.41, 5.74) is 5.32. The standard InChI is InChI=1S/C25H22Cl2N2O2/c1-4-14(2)16-8-10-23-22(12-16)29-25(31-23)18-7-9-19(26)21(13-18)28-24(30)17-6-5-15(3)20(27)11-17/h5-14H,4H2,1-3H3,(H,28,30)/t14-/m1/s1. The van der Waals surface area contributed by atoms with E-state index in [0.29, 0.717) is 33.1 Å². The maximum Gasteiger partial charge on any atom is 0.255 e. The van der Waals surface area contributed by atoms with Crippen molar-refractivity contribution >= 4 is 45.9 Å². The number of aromatic nitrogens is 1. The van der Waals surface area contributed by atoms with Crippen LogP contribution >= 0.6 is 23.2 Å². The Bertz CT molecular complexity index is 1280. The predicted molar refractivity (Wildman–Crippen MR) is 127 cm³/mol. The average Bonchev–Trinajstić information content (AvgIpc) is 3.19. The quantitative estimate of drug-likeness (QED) is 0.334. The molecule has 4 aromatic rings. The number of rotatable bonds is 5. The number of fused-ring (bicyclic) bond motifs is 1. The van der Waals surface area contributed by atoms with Crippen molar-refractivity contribution in [2.75, 3.05) is 5.32 Å². The number of carbonyl (C=O) groups is 1. The Hall–Kier alpha value is -2.82. The van der Waals surface area contributed by atoms with Gasteiger partial charge in [-0.2, -0.15) is 0 Å². The number of aryl methyl sites for hydroxylation is 1. The average molecular weight is 453 g/mol. The lowest BCUT2D eigenvalue weighted by atomic mass is 9.98. The fourth-order valence-corrected chi connectivity index (χ4v) is 3.64. The van der Waals surface area contributed by atoms with Crippen molar-refractivity contribution in [3.63, 3.8) is 0 Å². The summed E-state index contributed by atoms with van der Waals surface area (Å²) in [6.45, 7) is 6.24. The van der Waals surface area contributed by atoms with Gasteiger partial charge >= 0.3 is 0 Å². The van der Waals surface area contributed by atoms with E-state index in [0.717, 1.165) is 28.6 Å². The number of carbonyl (C=O) groups excluding carboxylic acids is 1. The lowest BCUT2D eigenvalue weighted by molar-refractivity contribution is 0.102. The molecule has 1 aromatic heterocycles. The minimum Gasteiger partial charge on any atom is -0.436 e. The van der Waals surface area contributed by atoms with Gasteiger partial charge in [-0.05, 0) is 72.9 Å². The van der Waals surface area contributed by atoms with Crippen LogP contribution in [-0.4, -0.2) is 10.9 Å². The van der Waals surface area contributed by atoms with Crippen LogP contribution in [-0.2, 0) is 0 Å². The monoisotopic (exact) mass is 452 g/mol. The van der Waals surface area contributed by atoms with Gasteiger partial charge in [0.05, 0.1) is 10.7 Å². The first-order valence-corrected chi connectivity index (χ1v) is 10.9. The first kappa shape index (κ1) is 21.4. The van der Waals surface area contributed by atoms with Crippen molar-refractivity contribution in [2.24, 2.45) is 0 Å². The second-order valence-corrected chi connectivity index (χ2v) is 8.48. The Morgan fingerprint density at radius 2 is 1.87 bits per heavy atom. The van der Waals surface area contributed by atoms with Gasteiger partial charge < -0.3 is 9.73 Å². The second-order valence-electron chi connectivity index (χ2n) is 7.67. The molecular formula is C25H22Cl2N2O2. The first-order valence-electron chi connectivity index (χ1n) is 10.1. The molecule has 0 spiro atoms. The van der Waals surface area contributed by atoms with Crippen molar-refractivity contribution < 1.29 is 9.21 Å². The summed E-state index contributed by atoms with van der Waals surface area (Å²) in [5, 5.41) is 3.81. The predicted octanol–water partition coefficient (Wildman–Crippen LogP) is 7.88. The molecule has 0 aliphatic heterocycles. The largest absolute Gasteiger partial charge is 0.436 e. The highest BCUT2D eigenvalue weighted by atomic mass is 35.5. The lowest BCUT2D eigenvalue weighted by Gasteiger charge is -2.09. The summed E-state index contributed by atoms with van der Waals surface area (Å²) in [6.07, 6.45) is 1.06. The molecule has 1 atom stereocenters. The normalized spacial score (nSPS) is 12.2. The van der Waals surface area contributed by atoms with E-state index < -0.39 is 0 Å². The molecule has 0 fully saturated rings. The summed E-state index contributed by atoms with van der Waals surface area (Å²) >= 11 is 12.5. The smallest absolute Gasteiger partial charge is 0.255 e. The van der Waals surface area contributed by atoms with Gasteiger partial charge in [0.25, 0.3) is 5.91 Å². The number of nitrogens with zero attached hydrogens (tertiary/aromatic N) is 1. The zero-order valence-corrected chi connectivity index (χ0v) is 19.0. The van der Waals surface area contributed by atoms with Crippen LogP contribution in [0, 0.1) is 6.92 Å². The molecule has 4 nitrogen and oxygen atoms in total. The molecular weight excluding hydrogens is 431 g/mol. The van der Waals surface area contributed by atoms with E-state index in [-0.39, 0.29) is 5.91 Å².